The number of halogens is 3. The summed E-state index contributed by atoms with van der Waals surface area (Å²) in [5.74, 6) is 0.513. The Balaban J connectivity index is 1.29. The van der Waals surface area contributed by atoms with Gasteiger partial charge in [-0.15, -0.1) is 0 Å². The molecule has 0 fully saturated rings. The number of alkyl halides is 3. The molecule has 2 heterocycles. The van der Waals surface area contributed by atoms with Crippen LogP contribution >= 0.6 is 0 Å². The van der Waals surface area contributed by atoms with Gasteiger partial charge in [0.15, 0.2) is 0 Å². The van der Waals surface area contributed by atoms with Crippen molar-refractivity contribution in [3.05, 3.63) is 106 Å². The van der Waals surface area contributed by atoms with Crippen molar-refractivity contribution in [1.29, 1.82) is 0 Å². The molecule has 34 heavy (non-hydrogen) atoms. The van der Waals surface area contributed by atoms with E-state index in [0.29, 0.717) is 24.2 Å². The highest BCUT2D eigenvalue weighted by Crippen LogP contribution is 2.32. The minimum Gasteiger partial charge on any atom is -0.464 e. The van der Waals surface area contributed by atoms with Crippen molar-refractivity contribution in [2.24, 2.45) is 0 Å². The molecule has 0 aliphatic carbocycles. The van der Waals surface area contributed by atoms with E-state index in [1.54, 1.807) is 36.7 Å². The quantitative estimate of drug-likeness (QED) is 0.407. The van der Waals surface area contributed by atoms with Gasteiger partial charge in [-0.25, -0.2) is 15.0 Å². The van der Waals surface area contributed by atoms with Gasteiger partial charge < -0.3 is 9.47 Å². The van der Waals surface area contributed by atoms with Crippen LogP contribution in [-0.2, 0) is 19.0 Å². The van der Waals surface area contributed by atoms with Crippen molar-refractivity contribution in [2.45, 2.75) is 19.0 Å². The minimum absolute atomic E-state index is 0.101. The van der Waals surface area contributed by atoms with Gasteiger partial charge in [0, 0.05) is 37.0 Å². The van der Waals surface area contributed by atoms with Crippen LogP contribution in [0.25, 0.3) is 0 Å². The number of benzene rings is 2. The second kappa shape index (κ2) is 10.2. The topological polar surface area (TPSA) is 90.0 Å². The van der Waals surface area contributed by atoms with Crippen LogP contribution in [-0.4, -0.2) is 26.5 Å². The van der Waals surface area contributed by atoms with Gasteiger partial charge in [-0.2, -0.15) is 13.2 Å². The summed E-state index contributed by atoms with van der Waals surface area (Å²) in [4.78, 5) is 26.8. The fraction of sp³-hybridized carbons (Fsp3) is 0.167. The lowest BCUT2D eigenvalue weighted by molar-refractivity contribution is -0.137. The number of nitrogens with zero attached hydrogens (tertiary/aromatic N) is 3. The Morgan fingerprint density at radius 2 is 1.68 bits per heavy atom. The second-order valence-corrected chi connectivity index (χ2v) is 7.34. The molecule has 7 nitrogen and oxygen atoms in total. The van der Waals surface area contributed by atoms with Crippen molar-refractivity contribution in [3.8, 4) is 17.5 Å². The molecule has 0 saturated carbocycles. The predicted molar refractivity (Wildman–Crippen MR) is 117 cm³/mol. The number of hydrogen-bond donors (Lipinski definition) is 1. The van der Waals surface area contributed by atoms with Gasteiger partial charge in [0.05, 0.1) is 12.2 Å². The number of rotatable bonds is 8. The number of aromatic amines is 1. The number of ether oxygens (including phenoxy) is 2. The maximum Gasteiger partial charge on any atom is 0.416 e. The third kappa shape index (κ3) is 6.18. The molecule has 0 spiro atoms. The molecule has 0 bridgehead atoms. The van der Waals surface area contributed by atoms with Gasteiger partial charge in [-0.1, -0.05) is 18.2 Å². The summed E-state index contributed by atoms with van der Waals surface area (Å²) >= 11 is 0. The Morgan fingerprint density at radius 3 is 2.38 bits per heavy atom. The van der Waals surface area contributed by atoms with Crippen molar-refractivity contribution >= 4 is 0 Å². The fourth-order valence-corrected chi connectivity index (χ4v) is 3.11. The molecule has 0 atom stereocenters. The van der Waals surface area contributed by atoms with Crippen LogP contribution in [0.3, 0.4) is 0 Å². The van der Waals surface area contributed by atoms with Gasteiger partial charge in [0.1, 0.15) is 17.8 Å². The molecule has 0 aliphatic rings. The first kappa shape index (κ1) is 23.0. The zero-order chi connectivity index (χ0) is 24.0. The first-order chi connectivity index (χ1) is 16.4. The minimum atomic E-state index is -4.43. The molecule has 0 amide bonds. The van der Waals surface area contributed by atoms with Crippen LogP contribution in [0.15, 0.2) is 78.2 Å². The van der Waals surface area contributed by atoms with Crippen molar-refractivity contribution < 1.29 is 22.6 Å². The number of H-pyrrole nitrogens is 1. The first-order valence-electron chi connectivity index (χ1n) is 10.3. The lowest BCUT2D eigenvalue weighted by Crippen LogP contribution is -2.16. The Labute approximate surface area is 192 Å². The molecule has 4 aromatic rings. The zero-order valence-corrected chi connectivity index (χ0v) is 17.7. The smallest absolute Gasteiger partial charge is 0.416 e. The molecule has 0 radical (unpaired) electrons. The van der Waals surface area contributed by atoms with Gasteiger partial charge in [-0.3, -0.25) is 9.78 Å². The van der Waals surface area contributed by atoms with Crippen LogP contribution in [0.5, 0.6) is 17.5 Å². The van der Waals surface area contributed by atoms with Gasteiger partial charge >= 0.3 is 6.18 Å². The molecule has 1 N–H and O–H groups in total. The predicted octanol–water partition coefficient (Wildman–Crippen LogP) is 4.58. The maximum atomic E-state index is 12.8. The second-order valence-electron chi connectivity index (χ2n) is 7.34. The van der Waals surface area contributed by atoms with E-state index in [-0.39, 0.29) is 23.9 Å². The highest BCUT2D eigenvalue weighted by molar-refractivity contribution is 5.36. The molecule has 2 aromatic heterocycles. The summed E-state index contributed by atoms with van der Waals surface area (Å²) in [6.45, 7) is 0.267. The van der Waals surface area contributed by atoms with E-state index < -0.39 is 11.7 Å². The van der Waals surface area contributed by atoms with Crippen LogP contribution in [0.1, 0.15) is 22.3 Å². The van der Waals surface area contributed by atoms with Crippen LogP contribution in [0, 0.1) is 0 Å². The molecule has 0 aliphatic heterocycles. The summed E-state index contributed by atoms with van der Waals surface area (Å²) in [6, 6.07) is 11.7. The van der Waals surface area contributed by atoms with Crippen molar-refractivity contribution in [2.75, 3.05) is 6.61 Å². The third-order valence-electron chi connectivity index (χ3n) is 4.81. The summed E-state index contributed by atoms with van der Waals surface area (Å²) in [6.07, 6.45) is 2.59. The van der Waals surface area contributed by atoms with E-state index >= 15 is 0 Å². The van der Waals surface area contributed by atoms with Crippen molar-refractivity contribution in [3.63, 3.8) is 0 Å². The highest BCUT2D eigenvalue weighted by Gasteiger charge is 2.30. The maximum absolute atomic E-state index is 12.8. The molecule has 4 rings (SSSR count). The van der Waals surface area contributed by atoms with E-state index in [1.165, 1.54) is 24.7 Å². The first-order valence-corrected chi connectivity index (χ1v) is 10.3. The van der Waals surface area contributed by atoms with Crippen LogP contribution in [0.2, 0.25) is 0 Å². The molecule has 0 unspecified atom stereocenters. The van der Waals surface area contributed by atoms with E-state index in [2.05, 4.69) is 19.9 Å². The van der Waals surface area contributed by atoms with E-state index in [4.69, 9.17) is 9.47 Å². The fourth-order valence-electron chi connectivity index (χ4n) is 3.11. The molecule has 10 heteroatoms. The Hall–Kier alpha value is -4.21. The van der Waals surface area contributed by atoms with E-state index in [1.807, 2.05) is 0 Å². The van der Waals surface area contributed by atoms with Crippen LogP contribution < -0.4 is 15.0 Å². The van der Waals surface area contributed by atoms with E-state index in [0.717, 1.165) is 23.3 Å². The highest BCUT2D eigenvalue weighted by atomic mass is 19.4. The van der Waals surface area contributed by atoms with Crippen molar-refractivity contribution in [1.82, 2.24) is 19.9 Å². The average Bonchev–Trinajstić information content (AvgIpc) is 2.82. The lowest BCUT2D eigenvalue weighted by atomic mass is 10.1. The number of nitrogens with one attached hydrogen (secondary N) is 1. The summed E-state index contributed by atoms with van der Waals surface area (Å²) in [7, 11) is 0. The third-order valence-corrected chi connectivity index (χ3v) is 4.81. The number of hydrogen-bond acceptors (Lipinski definition) is 6. The standard InChI is InChI=1S/C24H19F3N4O3/c25-24(26,27)19-2-1-3-21(11-19)34-20-6-4-16(5-7-20)8-9-33-23-30-14-18(22(32)31-23)10-17-12-28-15-29-13-17/h1-7,11-15H,8-10H2,(H,30,31,32). The van der Waals surface area contributed by atoms with Crippen LogP contribution in [0.4, 0.5) is 13.2 Å². The average molecular weight is 468 g/mol. The SMILES string of the molecule is O=c1[nH]c(OCCc2ccc(Oc3cccc(C(F)(F)F)c3)cc2)ncc1Cc1cncnc1. The Morgan fingerprint density at radius 1 is 0.912 bits per heavy atom. The van der Waals surface area contributed by atoms with E-state index in [9.17, 15) is 18.0 Å². The summed E-state index contributed by atoms with van der Waals surface area (Å²) < 4.78 is 49.6. The molecule has 174 valence electrons. The number of aromatic nitrogens is 4. The summed E-state index contributed by atoms with van der Waals surface area (Å²) in [5.41, 5.74) is 1.11. The summed E-state index contributed by atoms with van der Waals surface area (Å²) in [5, 5.41) is 0. The normalized spacial score (nSPS) is 11.3. The lowest BCUT2D eigenvalue weighted by Gasteiger charge is -2.10. The monoisotopic (exact) mass is 468 g/mol. The molecule has 2 aromatic carbocycles. The zero-order valence-electron chi connectivity index (χ0n) is 17.7. The largest absolute Gasteiger partial charge is 0.464 e. The molecule has 0 saturated heterocycles. The van der Waals surface area contributed by atoms with Gasteiger partial charge in [0.2, 0.25) is 0 Å². The van der Waals surface area contributed by atoms with Gasteiger partial charge in [-0.05, 0) is 41.5 Å². The Bertz CT molecular complexity index is 1290. The Kier molecular flexibility index (Phi) is 6.86. The molecular weight excluding hydrogens is 449 g/mol. The molecular formula is C24H19F3N4O3. The van der Waals surface area contributed by atoms with Gasteiger partial charge in [0.25, 0.3) is 11.6 Å².